The quantitative estimate of drug-likeness (QED) is 0.454. The van der Waals surface area contributed by atoms with Gasteiger partial charge in [0.2, 0.25) is 0 Å². The van der Waals surface area contributed by atoms with Gasteiger partial charge in [-0.05, 0) is 62.3 Å². The number of hydrogen-bond acceptors (Lipinski definition) is 1. The first-order valence-electron chi connectivity index (χ1n) is 4.32. The van der Waals surface area contributed by atoms with Gasteiger partial charge in [-0.15, -0.1) is 22.9 Å². The molecule has 0 radical (unpaired) electrons. The average molecular weight is 414 g/mol. The third kappa shape index (κ3) is 2.75. The van der Waals surface area contributed by atoms with Crippen LogP contribution in [0, 0.1) is 3.57 Å². The Morgan fingerprint density at radius 1 is 1.20 bits per heavy atom. The third-order valence-corrected chi connectivity index (χ3v) is 5.29. The molecule has 1 aromatic carbocycles. The van der Waals surface area contributed by atoms with Gasteiger partial charge in [-0.1, -0.05) is 18.2 Å². The number of rotatable bonds is 2. The normalized spacial score (nSPS) is 12.7. The van der Waals surface area contributed by atoms with Crippen LogP contribution >= 0.6 is 61.5 Å². The molecule has 1 unspecified atom stereocenters. The third-order valence-electron chi connectivity index (χ3n) is 2.02. The number of alkyl halides is 1. The smallest absolute Gasteiger partial charge is 0.0938 e. The molecule has 1 atom stereocenters. The van der Waals surface area contributed by atoms with Crippen LogP contribution in [-0.2, 0) is 0 Å². The highest BCUT2D eigenvalue weighted by Gasteiger charge is 2.14. The van der Waals surface area contributed by atoms with Crippen molar-refractivity contribution in [1.29, 1.82) is 0 Å². The minimum Gasteiger partial charge on any atom is -0.131 e. The molecular formula is C11H7BrClIS. The molecule has 0 aliphatic rings. The Balaban J connectivity index is 2.36. The molecule has 0 aliphatic carbocycles. The lowest BCUT2D eigenvalue weighted by molar-refractivity contribution is 1.17. The maximum atomic E-state index is 6.43. The van der Waals surface area contributed by atoms with E-state index in [9.17, 15) is 0 Å². The Morgan fingerprint density at radius 3 is 2.53 bits per heavy atom. The van der Waals surface area contributed by atoms with Crippen LogP contribution in [0.5, 0.6) is 0 Å². The van der Waals surface area contributed by atoms with Crippen LogP contribution in [0.2, 0.25) is 0 Å². The zero-order valence-electron chi connectivity index (χ0n) is 7.58. The summed E-state index contributed by atoms with van der Waals surface area (Å²) in [7, 11) is 0. The summed E-state index contributed by atoms with van der Waals surface area (Å²) >= 11 is 13.9. The Morgan fingerprint density at radius 2 is 1.93 bits per heavy atom. The number of hydrogen-bond donors (Lipinski definition) is 0. The van der Waals surface area contributed by atoms with E-state index in [4.69, 9.17) is 11.6 Å². The molecular weight excluding hydrogens is 406 g/mol. The number of halogens is 3. The molecule has 1 heterocycles. The summed E-state index contributed by atoms with van der Waals surface area (Å²) in [5.41, 5.74) is 1.18. The highest BCUT2D eigenvalue weighted by atomic mass is 127. The highest BCUT2D eigenvalue weighted by molar-refractivity contribution is 14.1. The van der Waals surface area contributed by atoms with Crippen molar-refractivity contribution in [1.82, 2.24) is 0 Å². The second-order valence-electron chi connectivity index (χ2n) is 3.03. The molecule has 1 aromatic heterocycles. The van der Waals surface area contributed by atoms with E-state index in [-0.39, 0.29) is 5.38 Å². The lowest BCUT2D eigenvalue weighted by atomic mass is 10.1. The van der Waals surface area contributed by atoms with Gasteiger partial charge in [0.05, 0.1) is 9.16 Å². The maximum absolute atomic E-state index is 6.43. The van der Waals surface area contributed by atoms with E-state index < -0.39 is 0 Å². The summed E-state index contributed by atoms with van der Waals surface area (Å²) < 4.78 is 2.33. The molecule has 2 rings (SSSR count). The molecule has 0 fully saturated rings. The van der Waals surface area contributed by atoms with Crippen molar-refractivity contribution in [2.45, 2.75) is 5.38 Å². The summed E-state index contributed by atoms with van der Waals surface area (Å²) in [5, 5.41) is -0.0469. The van der Waals surface area contributed by atoms with E-state index in [1.54, 1.807) is 11.3 Å². The predicted octanol–water partition coefficient (Wildman–Crippen LogP) is 5.44. The zero-order chi connectivity index (χ0) is 10.8. The van der Waals surface area contributed by atoms with Crippen molar-refractivity contribution >= 4 is 61.5 Å². The molecule has 15 heavy (non-hydrogen) atoms. The van der Waals surface area contributed by atoms with E-state index in [0.717, 1.165) is 3.79 Å². The van der Waals surface area contributed by atoms with Crippen LogP contribution in [0.3, 0.4) is 0 Å². The summed E-state index contributed by atoms with van der Waals surface area (Å²) in [6, 6.07) is 12.3. The van der Waals surface area contributed by atoms with Crippen molar-refractivity contribution in [3.63, 3.8) is 0 Å². The van der Waals surface area contributed by atoms with E-state index >= 15 is 0 Å². The summed E-state index contributed by atoms with van der Waals surface area (Å²) in [4.78, 5) is 1.17. The number of benzene rings is 1. The van der Waals surface area contributed by atoms with Crippen molar-refractivity contribution in [3.8, 4) is 0 Å². The average Bonchev–Trinajstić information content (AvgIpc) is 2.65. The second-order valence-corrected chi connectivity index (χ2v) is 7.12. The molecule has 4 heteroatoms. The number of thiophene rings is 1. The van der Waals surface area contributed by atoms with E-state index in [1.807, 2.05) is 18.2 Å². The lowest BCUT2D eigenvalue weighted by Gasteiger charge is -2.09. The molecule has 0 aliphatic heterocycles. The molecule has 0 spiro atoms. The summed E-state index contributed by atoms with van der Waals surface area (Å²) in [5.74, 6) is 0. The van der Waals surface area contributed by atoms with Crippen LogP contribution in [0.25, 0.3) is 0 Å². The SMILES string of the molecule is ClC(c1ccc(Br)s1)c1ccccc1I. The Hall–Kier alpha value is 0.420. The van der Waals surface area contributed by atoms with E-state index in [2.05, 4.69) is 56.7 Å². The van der Waals surface area contributed by atoms with Crippen LogP contribution < -0.4 is 0 Å². The van der Waals surface area contributed by atoms with E-state index in [0.29, 0.717) is 0 Å². The molecule has 0 amide bonds. The van der Waals surface area contributed by atoms with Gasteiger partial charge in [-0.2, -0.15) is 0 Å². The summed E-state index contributed by atoms with van der Waals surface area (Å²) in [6.07, 6.45) is 0. The first kappa shape index (κ1) is 11.9. The molecule has 0 saturated carbocycles. The predicted molar refractivity (Wildman–Crippen MR) is 78.9 cm³/mol. The Kier molecular flexibility index (Phi) is 4.10. The fraction of sp³-hybridized carbons (Fsp3) is 0.0909. The minimum absolute atomic E-state index is 0.0469. The molecule has 0 saturated heterocycles. The minimum atomic E-state index is -0.0469. The van der Waals surface area contributed by atoms with Crippen molar-refractivity contribution in [3.05, 3.63) is 54.2 Å². The maximum Gasteiger partial charge on any atom is 0.0938 e. The lowest BCUT2D eigenvalue weighted by Crippen LogP contribution is -1.92. The van der Waals surface area contributed by atoms with Gasteiger partial charge in [0, 0.05) is 8.45 Å². The van der Waals surface area contributed by atoms with Crippen LogP contribution in [0.1, 0.15) is 15.8 Å². The van der Waals surface area contributed by atoms with Gasteiger partial charge in [0.1, 0.15) is 0 Å². The van der Waals surface area contributed by atoms with Gasteiger partial charge in [-0.3, -0.25) is 0 Å². The fourth-order valence-corrected chi connectivity index (χ4v) is 4.00. The van der Waals surface area contributed by atoms with Crippen LogP contribution in [0.15, 0.2) is 40.2 Å². The van der Waals surface area contributed by atoms with E-state index in [1.165, 1.54) is 14.0 Å². The summed E-state index contributed by atoms with van der Waals surface area (Å²) in [6.45, 7) is 0. The molecule has 78 valence electrons. The van der Waals surface area contributed by atoms with Gasteiger partial charge < -0.3 is 0 Å². The second kappa shape index (κ2) is 5.17. The Bertz CT molecular complexity index is 469. The standard InChI is InChI=1S/C11H7BrClIS/c12-10-6-5-9(15-10)11(13)7-3-1-2-4-8(7)14/h1-6,11H. The van der Waals surface area contributed by atoms with Crippen molar-refractivity contribution in [2.75, 3.05) is 0 Å². The zero-order valence-corrected chi connectivity index (χ0v) is 12.9. The molecule has 2 aromatic rings. The van der Waals surface area contributed by atoms with Crippen LogP contribution in [0.4, 0.5) is 0 Å². The molecule has 0 bridgehead atoms. The molecule has 0 N–H and O–H groups in total. The van der Waals surface area contributed by atoms with Gasteiger partial charge in [0.15, 0.2) is 0 Å². The monoisotopic (exact) mass is 412 g/mol. The van der Waals surface area contributed by atoms with Gasteiger partial charge in [0.25, 0.3) is 0 Å². The van der Waals surface area contributed by atoms with Crippen LogP contribution in [-0.4, -0.2) is 0 Å². The fourth-order valence-electron chi connectivity index (χ4n) is 1.30. The van der Waals surface area contributed by atoms with Crippen molar-refractivity contribution < 1.29 is 0 Å². The topological polar surface area (TPSA) is 0 Å². The van der Waals surface area contributed by atoms with Gasteiger partial charge in [-0.25, -0.2) is 0 Å². The van der Waals surface area contributed by atoms with Crippen molar-refractivity contribution in [2.24, 2.45) is 0 Å². The first-order valence-corrected chi connectivity index (χ1v) is 7.44. The van der Waals surface area contributed by atoms with Gasteiger partial charge >= 0.3 is 0 Å². The molecule has 0 nitrogen and oxygen atoms in total. The largest absolute Gasteiger partial charge is 0.131 e. The highest BCUT2D eigenvalue weighted by Crippen LogP contribution is 2.37. The first-order chi connectivity index (χ1) is 7.18. The Labute approximate surface area is 120 Å².